The Bertz CT molecular complexity index is 1040. The van der Waals surface area contributed by atoms with E-state index in [0.717, 1.165) is 28.2 Å². The standard InChI is InChI=1S/C21H21Cl2N3O2/c1-12-5-6-15(9-18(12)22)26-14(3)17(13(2)25-26)11-21(27)24-20-8-7-16(28-4)10-19(20)23/h5-10H,11H2,1-4H3,(H,24,27). The van der Waals surface area contributed by atoms with E-state index in [1.165, 1.54) is 0 Å². The first kappa shape index (κ1) is 20.2. The van der Waals surface area contributed by atoms with Crippen molar-refractivity contribution in [1.82, 2.24) is 9.78 Å². The van der Waals surface area contributed by atoms with Crippen molar-refractivity contribution in [3.8, 4) is 11.4 Å². The Morgan fingerprint density at radius 3 is 2.50 bits per heavy atom. The van der Waals surface area contributed by atoms with Crippen LogP contribution in [0, 0.1) is 20.8 Å². The van der Waals surface area contributed by atoms with E-state index in [1.807, 2.05) is 43.7 Å². The van der Waals surface area contributed by atoms with E-state index in [9.17, 15) is 4.79 Å². The van der Waals surface area contributed by atoms with Crippen molar-refractivity contribution in [2.24, 2.45) is 0 Å². The second-order valence-corrected chi connectivity index (χ2v) is 7.38. The number of nitrogens with zero attached hydrogens (tertiary/aromatic N) is 2. The molecule has 0 atom stereocenters. The normalized spacial score (nSPS) is 10.8. The maximum Gasteiger partial charge on any atom is 0.228 e. The van der Waals surface area contributed by atoms with Crippen molar-refractivity contribution in [2.45, 2.75) is 27.2 Å². The molecule has 28 heavy (non-hydrogen) atoms. The van der Waals surface area contributed by atoms with Crippen LogP contribution in [-0.2, 0) is 11.2 Å². The first-order valence-corrected chi connectivity index (χ1v) is 9.50. The number of nitrogens with one attached hydrogen (secondary N) is 1. The van der Waals surface area contributed by atoms with E-state index < -0.39 is 0 Å². The third-order valence-electron chi connectivity index (χ3n) is 4.63. The highest BCUT2D eigenvalue weighted by Crippen LogP contribution is 2.27. The van der Waals surface area contributed by atoms with Gasteiger partial charge >= 0.3 is 0 Å². The van der Waals surface area contributed by atoms with Crippen molar-refractivity contribution in [3.63, 3.8) is 0 Å². The summed E-state index contributed by atoms with van der Waals surface area (Å²) in [5.41, 5.74) is 4.97. The number of rotatable bonds is 5. The number of carbonyl (C=O) groups excluding carboxylic acids is 1. The number of aryl methyl sites for hydroxylation is 2. The lowest BCUT2D eigenvalue weighted by atomic mass is 10.1. The molecule has 1 amide bonds. The van der Waals surface area contributed by atoms with E-state index >= 15 is 0 Å². The summed E-state index contributed by atoms with van der Waals surface area (Å²) in [6.45, 7) is 5.78. The molecule has 0 aliphatic carbocycles. The summed E-state index contributed by atoms with van der Waals surface area (Å²) in [7, 11) is 1.56. The lowest BCUT2D eigenvalue weighted by Crippen LogP contribution is -2.15. The van der Waals surface area contributed by atoms with Gasteiger partial charge in [0.2, 0.25) is 5.91 Å². The molecule has 0 aliphatic rings. The van der Waals surface area contributed by atoms with E-state index in [0.29, 0.717) is 21.5 Å². The molecule has 5 nitrogen and oxygen atoms in total. The molecule has 0 unspecified atom stereocenters. The number of hydrogen-bond acceptors (Lipinski definition) is 3. The van der Waals surface area contributed by atoms with Gasteiger partial charge < -0.3 is 10.1 Å². The van der Waals surface area contributed by atoms with Crippen LogP contribution in [0.5, 0.6) is 5.75 Å². The molecule has 0 radical (unpaired) electrons. The molecular formula is C21H21Cl2N3O2. The first-order valence-electron chi connectivity index (χ1n) is 8.75. The predicted octanol–water partition coefficient (Wildman–Crippen LogP) is 5.29. The summed E-state index contributed by atoms with van der Waals surface area (Å²) in [6, 6.07) is 10.9. The minimum absolute atomic E-state index is 0.167. The number of benzene rings is 2. The van der Waals surface area contributed by atoms with Gasteiger partial charge in [0.15, 0.2) is 0 Å². The molecule has 0 fully saturated rings. The van der Waals surface area contributed by atoms with Gasteiger partial charge in [-0.2, -0.15) is 5.10 Å². The largest absolute Gasteiger partial charge is 0.497 e. The van der Waals surface area contributed by atoms with Gasteiger partial charge in [0.25, 0.3) is 0 Å². The lowest BCUT2D eigenvalue weighted by molar-refractivity contribution is -0.115. The molecular weight excluding hydrogens is 397 g/mol. The fourth-order valence-electron chi connectivity index (χ4n) is 2.97. The topological polar surface area (TPSA) is 56.1 Å². The molecule has 1 aromatic heterocycles. The Morgan fingerprint density at radius 2 is 1.86 bits per heavy atom. The average Bonchev–Trinajstić information content (AvgIpc) is 2.93. The highest BCUT2D eigenvalue weighted by molar-refractivity contribution is 6.33. The minimum atomic E-state index is -0.167. The number of carbonyl (C=O) groups is 1. The average molecular weight is 418 g/mol. The summed E-state index contributed by atoms with van der Waals surface area (Å²) >= 11 is 12.5. The zero-order valence-corrected chi connectivity index (χ0v) is 17.6. The smallest absolute Gasteiger partial charge is 0.228 e. The van der Waals surface area contributed by atoms with Crippen LogP contribution in [0.2, 0.25) is 10.0 Å². The SMILES string of the molecule is COc1ccc(NC(=O)Cc2c(C)nn(-c3ccc(C)c(Cl)c3)c2C)c(Cl)c1. The Balaban J connectivity index is 1.82. The molecule has 3 aromatic rings. The third kappa shape index (κ3) is 4.16. The van der Waals surface area contributed by atoms with Gasteiger partial charge in [-0.15, -0.1) is 0 Å². The molecule has 0 bridgehead atoms. The quantitative estimate of drug-likeness (QED) is 0.612. The number of hydrogen-bond donors (Lipinski definition) is 1. The lowest BCUT2D eigenvalue weighted by Gasteiger charge is -2.10. The second kappa shape index (κ2) is 8.25. The van der Waals surface area contributed by atoms with Crippen molar-refractivity contribution < 1.29 is 9.53 Å². The Hall–Kier alpha value is -2.50. The molecule has 7 heteroatoms. The van der Waals surface area contributed by atoms with Crippen molar-refractivity contribution in [3.05, 3.63) is 69.0 Å². The van der Waals surface area contributed by atoms with Crippen molar-refractivity contribution in [2.75, 3.05) is 12.4 Å². The summed E-state index contributed by atoms with van der Waals surface area (Å²) in [4.78, 5) is 12.6. The van der Waals surface area contributed by atoms with Crippen molar-refractivity contribution >= 4 is 34.8 Å². The van der Waals surface area contributed by atoms with Crippen LogP contribution in [-0.4, -0.2) is 22.8 Å². The van der Waals surface area contributed by atoms with Crippen LogP contribution >= 0.6 is 23.2 Å². The van der Waals surface area contributed by atoms with E-state index in [1.54, 1.807) is 25.3 Å². The highest BCUT2D eigenvalue weighted by atomic mass is 35.5. The van der Waals surface area contributed by atoms with Gasteiger partial charge in [0.1, 0.15) is 5.75 Å². The molecule has 0 saturated carbocycles. The number of amides is 1. The molecule has 1 N–H and O–H groups in total. The van der Waals surface area contributed by atoms with E-state index in [2.05, 4.69) is 10.4 Å². The number of aromatic nitrogens is 2. The summed E-state index contributed by atoms with van der Waals surface area (Å²) in [6.07, 6.45) is 0.194. The molecule has 0 spiro atoms. The Morgan fingerprint density at radius 1 is 1.11 bits per heavy atom. The van der Waals surface area contributed by atoms with Crippen LogP contribution in [0.4, 0.5) is 5.69 Å². The van der Waals surface area contributed by atoms with Crippen LogP contribution in [0.1, 0.15) is 22.5 Å². The van der Waals surface area contributed by atoms with Crippen molar-refractivity contribution in [1.29, 1.82) is 0 Å². The monoisotopic (exact) mass is 417 g/mol. The maximum atomic E-state index is 12.6. The second-order valence-electron chi connectivity index (χ2n) is 6.57. The zero-order valence-electron chi connectivity index (χ0n) is 16.1. The van der Waals surface area contributed by atoms with Gasteiger partial charge in [-0.3, -0.25) is 4.79 Å². The highest BCUT2D eigenvalue weighted by Gasteiger charge is 2.17. The van der Waals surface area contributed by atoms with Crippen LogP contribution < -0.4 is 10.1 Å². The fourth-order valence-corrected chi connectivity index (χ4v) is 3.37. The number of ether oxygens (including phenoxy) is 1. The molecule has 1 heterocycles. The van der Waals surface area contributed by atoms with E-state index in [4.69, 9.17) is 27.9 Å². The molecule has 2 aromatic carbocycles. The molecule has 0 saturated heterocycles. The van der Waals surface area contributed by atoms with Gasteiger partial charge in [-0.1, -0.05) is 29.3 Å². The van der Waals surface area contributed by atoms with Gasteiger partial charge in [-0.25, -0.2) is 4.68 Å². The zero-order chi connectivity index (χ0) is 20.4. The Kier molecular flexibility index (Phi) is 5.96. The molecule has 146 valence electrons. The predicted molar refractivity (Wildman–Crippen MR) is 113 cm³/mol. The summed E-state index contributed by atoms with van der Waals surface area (Å²) in [5, 5.41) is 8.53. The maximum absolute atomic E-state index is 12.6. The molecule has 0 aliphatic heterocycles. The van der Waals surface area contributed by atoms with Crippen LogP contribution in [0.25, 0.3) is 5.69 Å². The number of anilines is 1. The fraction of sp³-hybridized carbons (Fsp3) is 0.238. The van der Waals surface area contributed by atoms with Gasteiger partial charge in [0, 0.05) is 22.3 Å². The summed E-state index contributed by atoms with van der Waals surface area (Å²) in [5.74, 6) is 0.465. The van der Waals surface area contributed by atoms with Gasteiger partial charge in [-0.05, 0) is 50.6 Å². The molecule has 3 rings (SSSR count). The van der Waals surface area contributed by atoms with Crippen LogP contribution in [0.15, 0.2) is 36.4 Å². The Labute approximate surface area is 174 Å². The number of halogens is 2. The third-order valence-corrected chi connectivity index (χ3v) is 5.35. The first-order chi connectivity index (χ1) is 13.3. The van der Waals surface area contributed by atoms with E-state index in [-0.39, 0.29) is 12.3 Å². The number of methoxy groups -OCH3 is 1. The summed E-state index contributed by atoms with van der Waals surface area (Å²) < 4.78 is 6.93. The van der Waals surface area contributed by atoms with Crippen LogP contribution in [0.3, 0.4) is 0 Å². The minimum Gasteiger partial charge on any atom is -0.497 e. The van der Waals surface area contributed by atoms with Gasteiger partial charge in [0.05, 0.1) is 35.6 Å².